The van der Waals surface area contributed by atoms with E-state index in [1.165, 1.54) is 29.3 Å². The molecule has 0 saturated carbocycles. The molecule has 1 saturated heterocycles. The number of hydrogen-bond acceptors (Lipinski definition) is 4. The Morgan fingerprint density at radius 1 is 1.28 bits per heavy atom. The summed E-state index contributed by atoms with van der Waals surface area (Å²) in [6, 6.07) is 5.98. The first kappa shape index (κ1) is 20.9. The predicted molar refractivity (Wildman–Crippen MR) is 98.4 cm³/mol. The van der Waals surface area contributed by atoms with E-state index in [1.54, 1.807) is 6.92 Å². The number of aliphatic hydroxyl groups is 1. The zero-order valence-corrected chi connectivity index (χ0v) is 15.8. The van der Waals surface area contributed by atoms with Crippen molar-refractivity contribution in [3.05, 3.63) is 63.6 Å². The quantitative estimate of drug-likeness (QED) is 0.812. The Balaban J connectivity index is 1.61. The van der Waals surface area contributed by atoms with Crippen LogP contribution in [0.3, 0.4) is 0 Å². The van der Waals surface area contributed by atoms with Gasteiger partial charge in [-0.05, 0) is 37.5 Å². The first-order chi connectivity index (χ1) is 13.6. The van der Waals surface area contributed by atoms with Gasteiger partial charge in [0.1, 0.15) is 0 Å². The zero-order valence-electron chi connectivity index (χ0n) is 15.8. The lowest BCUT2D eigenvalue weighted by atomic mass is 9.83. The van der Waals surface area contributed by atoms with Crippen LogP contribution in [-0.4, -0.2) is 40.6 Å². The molecule has 29 heavy (non-hydrogen) atoms. The third kappa shape index (κ3) is 4.79. The maximum atomic E-state index is 12.9. The van der Waals surface area contributed by atoms with Crippen molar-refractivity contribution in [3.63, 3.8) is 0 Å². The van der Waals surface area contributed by atoms with E-state index < -0.39 is 17.3 Å². The minimum atomic E-state index is -4.49. The number of halogens is 3. The van der Waals surface area contributed by atoms with Crippen molar-refractivity contribution in [1.29, 1.82) is 0 Å². The van der Waals surface area contributed by atoms with Crippen LogP contribution >= 0.6 is 0 Å². The summed E-state index contributed by atoms with van der Waals surface area (Å²) in [6.07, 6.45) is -2.90. The number of H-pyrrole nitrogens is 1. The number of amides is 1. The number of nitrogens with zero attached hydrogens (tertiary/aromatic N) is 1. The maximum absolute atomic E-state index is 12.9. The third-order valence-electron chi connectivity index (χ3n) is 5.04. The van der Waals surface area contributed by atoms with E-state index in [1.807, 2.05) is 0 Å². The van der Waals surface area contributed by atoms with E-state index in [-0.39, 0.29) is 55.2 Å². The lowest BCUT2D eigenvalue weighted by molar-refractivity contribution is -0.138. The molecule has 3 rings (SSSR count). The number of aromatic amines is 1. The number of aryl methyl sites for hydroxylation is 1. The van der Waals surface area contributed by atoms with E-state index in [0.717, 1.165) is 12.1 Å². The van der Waals surface area contributed by atoms with Crippen LogP contribution < -0.4 is 10.2 Å². The van der Waals surface area contributed by atoms with Crippen LogP contribution in [0.15, 0.2) is 41.3 Å². The van der Waals surface area contributed by atoms with Gasteiger partial charge >= 0.3 is 6.18 Å². The molecule has 156 valence electrons. The predicted octanol–water partition coefficient (Wildman–Crippen LogP) is 2.59. The van der Waals surface area contributed by atoms with E-state index in [0.29, 0.717) is 5.69 Å². The van der Waals surface area contributed by atoms with Crippen molar-refractivity contribution in [3.8, 4) is 5.75 Å². The summed E-state index contributed by atoms with van der Waals surface area (Å²) in [5, 5.41) is 10.8. The van der Waals surface area contributed by atoms with Gasteiger partial charge in [-0.25, -0.2) is 0 Å². The van der Waals surface area contributed by atoms with Gasteiger partial charge in [0.15, 0.2) is 12.4 Å². The Labute approximate surface area is 164 Å². The second kappa shape index (κ2) is 7.90. The fraction of sp³-hybridized carbons (Fsp3) is 0.400. The summed E-state index contributed by atoms with van der Waals surface area (Å²) in [4.78, 5) is 28.4. The molecular weight excluding hydrogens is 389 g/mol. The van der Waals surface area contributed by atoms with Crippen molar-refractivity contribution in [2.75, 3.05) is 19.7 Å². The normalized spacial score (nSPS) is 16.5. The van der Waals surface area contributed by atoms with Crippen molar-refractivity contribution in [1.82, 2.24) is 9.88 Å². The number of ether oxygens (including phenoxy) is 1. The maximum Gasteiger partial charge on any atom is 0.416 e. The molecule has 0 atom stereocenters. The number of pyridine rings is 1. The first-order valence-electron chi connectivity index (χ1n) is 9.08. The van der Waals surface area contributed by atoms with Crippen LogP contribution in [0.5, 0.6) is 5.75 Å². The highest BCUT2D eigenvalue weighted by molar-refractivity contribution is 5.77. The van der Waals surface area contributed by atoms with Crippen LogP contribution in [0.25, 0.3) is 0 Å². The molecule has 0 radical (unpaired) electrons. The number of likely N-dealkylation sites (tertiary alicyclic amines) is 1. The molecule has 2 heterocycles. The van der Waals surface area contributed by atoms with Crippen molar-refractivity contribution < 1.29 is 27.8 Å². The number of carbonyl (C=O) groups is 1. The molecule has 0 spiro atoms. The summed E-state index contributed by atoms with van der Waals surface area (Å²) in [5.41, 5.74) is -1.75. The smallest absolute Gasteiger partial charge is 0.416 e. The molecule has 1 aliphatic heterocycles. The molecule has 0 aliphatic carbocycles. The summed E-state index contributed by atoms with van der Waals surface area (Å²) in [5.74, 6) is -0.336. The van der Waals surface area contributed by atoms with Gasteiger partial charge in [0.05, 0.1) is 11.2 Å². The molecule has 6 nitrogen and oxygen atoms in total. The van der Waals surface area contributed by atoms with Gasteiger partial charge < -0.3 is 19.7 Å². The molecule has 9 heteroatoms. The lowest BCUT2D eigenvalue weighted by Crippen LogP contribution is -2.46. The van der Waals surface area contributed by atoms with Crippen molar-refractivity contribution >= 4 is 5.91 Å². The van der Waals surface area contributed by atoms with Crippen LogP contribution in [0, 0.1) is 6.92 Å². The topological polar surface area (TPSA) is 82.6 Å². The van der Waals surface area contributed by atoms with Crippen LogP contribution in [0.1, 0.15) is 29.7 Å². The standard InChI is InChI=1S/C20H21F3N2O4/c1-13-9-16(26)17(11-24-13)29-12-18(27)25-7-5-19(28,6-8-25)14-3-2-4-15(10-14)20(21,22)23/h2-4,9-11,28H,5-8,12H2,1H3,(H,24,26). The number of rotatable bonds is 4. The Morgan fingerprint density at radius 2 is 1.97 bits per heavy atom. The van der Waals surface area contributed by atoms with Gasteiger partial charge in [0, 0.05) is 31.0 Å². The van der Waals surface area contributed by atoms with Gasteiger partial charge in [-0.1, -0.05) is 12.1 Å². The molecule has 0 unspecified atom stereocenters. The summed E-state index contributed by atoms with van der Waals surface area (Å²) in [6.45, 7) is 1.71. The number of nitrogens with one attached hydrogen (secondary N) is 1. The molecule has 1 fully saturated rings. The largest absolute Gasteiger partial charge is 0.478 e. The fourth-order valence-electron chi connectivity index (χ4n) is 3.30. The summed E-state index contributed by atoms with van der Waals surface area (Å²) < 4.78 is 44.1. The van der Waals surface area contributed by atoms with Gasteiger partial charge in [-0.2, -0.15) is 13.2 Å². The SMILES string of the molecule is Cc1cc(=O)c(OCC(=O)N2CCC(O)(c3cccc(C(F)(F)F)c3)CC2)c[nH]1. The third-order valence-corrected chi connectivity index (χ3v) is 5.04. The highest BCUT2D eigenvalue weighted by Gasteiger charge is 2.38. The Kier molecular flexibility index (Phi) is 5.70. The van der Waals surface area contributed by atoms with Gasteiger partial charge in [0.2, 0.25) is 5.43 Å². The van der Waals surface area contributed by atoms with Gasteiger partial charge in [-0.15, -0.1) is 0 Å². The molecule has 0 bridgehead atoms. The van der Waals surface area contributed by atoms with Crippen LogP contribution in [0.2, 0.25) is 0 Å². The van der Waals surface area contributed by atoms with Crippen molar-refractivity contribution in [2.24, 2.45) is 0 Å². The Morgan fingerprint density at radius 3 is 2.59 bits per heavy atom. The fourth-order valence-corrected chi connectivity index (χ4v) is 3.30. The average molecular weight is 410 g/mol. The van der Waals surface area contributed by atoms with Crippen LogP contribution in [0.4, 0.5) is 13.2 Å². The van der Waals surface area contributed by atoms with Gasteiger partial charge in [-0.3, -0.25) is 9.59 Å². The Hall–Kier alpha value is -2.81. The molecule has 1 aromatic carbocycles. The van der Waals surface area contributed by atoms with E-state index in [9.17, 15) is 27.9 Å². The molecule has 2 aromatic rings. The number of aromatic nitrogens is 1. The molecule has 1 aromatic heterocycles. The second-order valence-electron chi connectivity index (χ2n) is 7.12. The monoisotopic (exact) mass is 410 g/mol. The summed E-state index contributed by atoms with van der Waals surface area (Å²) >= 11 is 0. The number of carbonyl (C=O) groups excluding carboxylic acids is 1. The number of benzene rings is 1. The minimum absolute atomic E-state index is 0.0291. The van der Waals surface area contributed by atoms with E-state index >= 15 is 0 Å². The lowest BCUT2D eigenvalue weighted by Gasteiger charge is -2.38. The highest BCUT2D eigenvalue weighted by atomic mass is 19.4. The average Bonchev–Trinajstić information content (AvgIpc) is 2.67. The molecular formula is C20H21F3N2O4. The number of hydrogen-bond donors (Lipinski definition) is 2. The van der Waals surface area contributed by atoms with E-state index in [2.05, 4.69) is 4.98 Å². The zero-order chi connectivity index (χ0) is 21.2. The molecule has 2 N–H and O–H groups in total. The van der Waals surface area contributed by atoms with Crippen molar-refractivity contribution in [2.45, 2.75) is 31.5 Å². The van der Waals surface area contributed by atoms with Crippen LogP contribution in [-0.2, 0) is 16.6 Å². The van der Waals surface area contributed by atoms with E-state index in [4.69, 9.17) is 4.74 Å². The number of alkyl halides is 3. The molecule has 1 aliphatic rings. The second-order valence-corrected chi connectivity index (χ2v) is 7.12. The number of piperidine rings is 1. The Bertz CT molecular complexity index is 947. The first-order valence-corrected chi connectivity index (χ1v) is 9.08. The molecule has 1 amide bonds. The minimum Gasteiger partial charge on any atom is -0.478 e. The highest BCUT2D eigenvalue weighted by Crippen LogP contribution is 2.36. The van der Waals surface area contributed by atoms with Gasteiger partial charge in [0.25, 0.3) is 5.91 Å². The summed E-state index contributed by atoms with van der Waals surface area (Å²) in [7, 11) is 0.